The SMILES string of the molecule is CC1CCCNC1c1nc(-c2ccn(C)n2)no1. The van der Waals surface area contributed by atoms with Crippen molar-refractivity contribution in [3.63, 3.8) is 0 Å². The third kappa shape index (κ3) is 2.03. The van der Waals surface area contributed by atoms with Crippen molar-refractivity contribution in [1.29, 1.82) is 0 Å². The van der Waals surface area contributed by atoms with Crippen molar-refractivity contribution >= 4 is 0 Å². The number of nitrogens with zero attached hydrogens (tertiary/aromatic N) is 4. The first-order valence-electron chi connectivity index (χ1n) is 6.31. The van der Waals surface area contributed by atoms with Gasteiger partial charge in [0.05, 0.1) is 6.04 Å². The smallest absolute Gasteiger partial charge is 0.244 e. The molecule has 1 saturated heterocycles. The molecule has 1 aliphatic heterocycles. The Balaban J connectivity index is 1.84. The van der Waals surface area contributed by atoms with Crippen LogP contribution in [0.4, 0.5) is 0 Å². The largest absolute Gasteiger partial charge is 0.337 e. The van der Waals surface area contributed by atoms with Gasteiger partial charge in [0.1, 0.15) is 5.69 Å². The van der Waals surface area contributed by atoms with Crippen LogP contribution in [0, 0.1) is 5.92 Å². The lowest BCUT2D eigenvalue weighted by Crippen LogP contribution is -2.33. The van der Waals surface area contributed by atoms with Crippen LogP contribution in [0.3, 0.4) is 0 Å². The van der Waals surface area contributed by atoms with Crippen LogP contribution in [0.2, 0.25) is 0 Å². The van der Waals surface area contributed by atoms with Crippen LogP contribution < -0.4 is 5.32 Å². The van der Waals surface area contributed by atoms with E-state index in [0.717, 1.165) is 12.2 Å². The molecular formula is C12H17N5O. The zero-order valence-electron chi connectivity index (χ0n) is 10.6. The van der Waals surface area contributed by atoms with Crippen molar-refractivity contribution in [1.82, 2.24) is 25.2 Å². The lowest BCUT2D eigenvalue weighted by Gasteiger charge is -2.26. The van der Waals surface area contributed by atoms with E-state index in [1.165, 1.54) is 12.8 Å². The maximum Gasteiger partial charge on any atom is 0.244 e. The molecule has 3 heterocycles. The number of aryl methyl sites for hydroxylation is 1. The second kappa shape index (κ2) is 4.53. The van der Waals surface area contributed by atoms with Crippen LogP contribution in [0.25, 0.3) is 11.5 Å². The fraction of sp³-hybridized carbons (Fsp3) is 0.583. The molecule has 0 saturated carbocycles. The molecule has 6 nitrogen and oxygen atoms in total. The molecule has 2 aromatic heterocycles. The van der Waals surface area contributed by atoms with E-state index in [9.17, 15) is 0 Å². The third-order valence-electron chi connectivity index (χ3n) is 3.42. The third-order valence-corrected chi connectivity index (χ3v) is 3.42. The highest BCUT2D eigenvalue weighted by atomic mass is 16.5. The van der Waals surface area contributed by atoms with Crippen LogP contribution in [-0.4, -0.2) is 26.5 Å². The monoisotopic (exact) mass is 247 g/mol. The van der Waals surface area contributed by atoms with E-state index in [2.05, 4.69) is 27.5 Å². The number of nitrogens with one attached hydrogen (secondary N) is 1. The van der Waals surface area contributed by atoms with Gasteiger partial charge in [-0.15, -0.1) is 0 Å². The Hall–Kier alpha value is -1.69. The summed E-state index contributed by atoms with van der Waals surface area (Å²) in [7, 11) is 1.87. The van der Waals surface area contributed by atoms with Crippen molar-refractivity contribution in [2.24, 2.45) is 13.0 Å². The van der Waals surface area contributed by atoms with Gasteiger partial charge in [0.25, 0.3) is 0 Å². The zero-order chi connectivity index (χ0) is 12.5. The van der Waals surface area contributed by atoms with Gasteiger partial charge < -0.3 is 9.84 Å². The van der Waals surface area contributed by atoms with Gasteiger partial charge in [0.15, 0.2) is 0 Å². The van der Waals surface area contributed by atoms with E-state index in [0.29, 0.717) is 17.6 Å². The fourth-order valence-corrected chi connectivity index (χ4v) is 2.38. The van der Waals surface area contributed by atoms with Gasteiger partial charge in [-0.1, -0.05) is 12.1 Å². The fourth-order valence-electron chi connectivity index (χ4n) is 2.38. The molecule has 3 rings (SSSR count). The molecule has 1 aliphatic rings. The standard InChI is InChI=1S/C12H17N5O/c1-8-4-3-6-13-10(8)12-14-11(16-18-12)9-5-7-17(2)15-9/h5,7-8,10,13H,3-4,6H2,1-2H3. The number of piperidine rings is 1. The molecule has 2 aromatic rings. The van der Waals surface area contributed by atoms with Gasteiger partial charge in [-0.05, 0) is 31.4 Å². The first kappa shape index (κ1) is 11.4. The summed E-state index contributed by atoms with van der Waals surface area (Å²) in [4.78, 5) is 4.45. The minimum Gasteiger partial charge on any atom is -0.337 e. The summed E-state index contributed by atoms with van der Waals surface area (Å²) in [5.41, 5.74) is 0.746. The maximum absolute atomic E-state index is 5.37. The molecule has 1 N–H and O–H groups in total. The number of hydrogen-bond donors (Lipinski definition) is 1. The number of hydrogen-bond acceptors (Lipinski definition) is 5. The first-order valence-corrected chi connectivity index (χ1v) is 6.31. The highest BCUT2D eigenvalue weighted by molar-refractivity contribution is 5.46. The molecule has 6 heteroatoms. The van der Waals surface area contributed by atoms with Crippen LogP contribution in [0.1, 0.15) is 31.7 Å². The van der Waals surface area contributed by atoms with Crippen molar-refractivity contribution in [3.05, 3.63) is 18.2 Å². The lowest BCUT2D eigenvalue weighted by atomic mass is 9.93. The predicted octanol–water partition coefficient (Wildman–Crippen LogP) is 1.53. The molecule has 0 radical (unpaired) electrons. The molecule has 0 aliphatic carbocycles. The zero-order valence-corrected chi connectivity index (χ0v) is 10.6. The normalized spacial score (nSPS) is 24.3. The quantitative estimate of drug-likeness (QED) is 0.871. The highest BCUT2D eigenvalue weighted by Crippen LogP contribution is 2.28. The van der Waals surface area contributed by atoms with Crippen LogP contribution in [0.15, 0.2) is 16.8 Å². The summed E-state index contributed by atoms with van der Waals surface area (Å²) >= 11 is 0. The first-order chi connectivity index (χ1) is 8.74. The number of aromatic nitrogens is 4. The van der Waals surface area contributed by atoms with Gasteiger partial charge in [0.2, 0.25) is 11.7 Å². The van der Waals surface area contributed by atoms with Crippen molar-refractivity contribution < 1.29 is 4.52 Å². The molecule has 2 atom stereocenters. The van der Waals surface area contributed by atoms with E-state index in [1.54, 1.807) is 4.68 Å². The lowest BCUT2D eigenvalue weighted by molar-refractivity contribution is 0.239. The minimum absolute atomic E-state index is 0.170. The molecule has 0 amide bonds. The van der Waals surface area contributed by atoms with Crippen molar-refractivity contribution in [3.8, 4) is 11.5 Å². The topological polar surface area (TPSA) is 68.8 Å². The summed E-state index contributed by atoms with van der Waals surface area (Å²) in [6.07, 6.45) is 4.27. The van der Waals surface area contributed by atoms with Crippen LogP contribution in [0.5, 0.6) is 0 Å². The average Bonchev–Trinajstić information content (AvgIpc) is 2.98. The Bertz CT molecular complexity index is 532. The van der Waals surface area contributed by atoms with Gasteiger partial charge in [-0.3, -0.25) is 4.68 Å². The van der Waals surface area contributed by atoms with E-state index < -0.39 is 0 Å². The number of rotatable bonds is 2. The second-order valence-corrected chi connectivity index (χ2v) is 4.88. The molecule has 0 aromatic carbocycles. The Kier molecular flexibility index (Phi) is 2.87. The minimum atomic E-state index is 0.170. The Morgan fingerprint density at radius 2 is 2.39 bits per heavy atom. The van der Waals surface area contributed by atoms with Gasteiger partial charge in [0, 0.05) is 13.2 Å². The van der Waals surface area contributed by atoms with Crippen LogP contribution in [-0.2, 0) is 7.05 Å². The summed E-state index contributed by atoms with van der Waals surface area (Å²) < 4.78 is 7.09. The predicted molar refractivity (Wildman–Crippen MR) is 65.6 cm³/mol. The molecule has 18 heavy (non-hydrogen) atoms. The summed E-state index contributed by atoms with van der Waals surface area (Å²) in [6, 6.07) is 2.05. The molecule has 0 spiro atoms. The Morgan fingerprint density at radius 3 is 3.11 bits per heavy atom. The van der Waals surface area contributed by atoms with E-state index >= 15 is 0 Å². The second-order valence-electron chi connectivity index (χ2n) is 4.88. The van der Waals surface area contributed by atoms with E-state index in [-0.39, 0.29) is 6.04 Å². The summed E-state index contributed by atoms with van der Waals surface area (Å²) in [6.45, 7) is 3.22. The molecule has 1 fully saturated rings. The van der Waals surface area contributed by atoms with E-state index in [4.69, 9.17) is 4.52 Å². The Labute approximate surface area is 105 Å². The van der Waals surface area contributed by atoms with Crippen molar-refractivity contribution in [2.75, 3.05) is 6.54 Å². The molecule has 0 bridgehead atoms. The average molecular weight is 247 g/mol. The van der Waals surface area contributed by atoms with Crippen molar-refractivity contribution in [2.45, 2.75) is 25.8 Å². The van der Waals surface area contributed by atoms with Gasteiger partial charge in [-0.25, -0.2) is 0 Å². The summed E-state index contributed by atoms with van der Waals surface area (Å²) in [5, 5.41) is 11.7. The van der Waals surface area contributed by atoms with Gasteiger partial charge in [-0.2, -0.15) is 10.1 Å². The Morgan fingerprint density at radius 1 is 1.50 bits per heavy atom. The molecular weight excluding hydrogens is 230 g/mol. The molecule has 2 unspecified atom stereocenters. The van der Waals surface area contributed by atoms with Gasteiger partial charge >= 0.3 is 0 Å². The maximum atomic E-state index is 5.37. The van der Waals surface area contributed by atoms with Crippen LogP contribution >= 0.6 is 0 Å². The summed E-state index contributed by atoms with van der Waals surface area (Å²) in [5.74, 6) is 1.75. The molecule has 96 valence electrons. The highest BCUT2D eigenvalue weighted by Gasteiger charge is 2.27. The van der Waals surface area contributed by atoms with E-state index in [1.807, 2.05) is 19.3 Å².